The van der Waals surface area contributed by atoms with Crippen molar-refractivity contribution in [1.29, 1.82) is 0 Å². The van der Waals surface area contributed by atoms with Gasteiger partial charge in [0.05, 0.1) is 6.10 Å². The fraction of sp³-hybridized carbons (Fsp3) is 1.00. The fourth-order valence-corrected chi connectivity index (χ4v) is 2.43. The smallest absolute Gasteiger partial charge is 0.303 e. The lowest BCUT2D eigenvalue weighted by Crippen LogP contribution is -2.47. The fourth-order valence-electron chi connectivity index (χ4n) is 1.83. The van der Waals surface area contributed by atoms with E-state index >= 15 is 0 Å². The van der Waals surface area contributed by atoms with Crippen LogP contribution < -0.4 is 0 Å². The Morgan fingerprint density at radius 3 is 2.07 bits per heavy atom. The minimum Gasteiger partial charge on any atom is -0.303 e. The van der Waals surface area contributed by atoms with Crippen molar-refractivity contribution in [3.63, 3.8) is 0 Å². The van der Waals surface area contributed by atoms with E-state index in [4.69, 9.17) is 9.79 Å². The van der Waals surface area contributed by atoms with Gasteiger partial charge < -0.3 is 9.79 Å². The molecule has 0 unspecified atom stereocenters. The second-order valence-corrected chi connectivity index (χ2v) is 6.15. The molecule has 0 aromatic heterocycles. The van der Waals surface area contributed by atoms with Gasteiger partial charge in [0.1, 0.15) is 0 Å². The van der Waals surface area contributed by atoms with E-state index in [1.807, 2.05) is 0 Å². The second kappa shape index (κ2) is 4.52. The molecule has 1 fully saturated rings. The highest BCUT2D eigenvalue weighted by Crippen LogP contribution is 2.40. The van der Waals surface area contributed by atoms with Gasteiger partial charge in [-0.2, -0.15) is 0 Å². The quantitative estimate of drug-likeness (QED) is 0.709. The summed E-state index contributed by atoms with van der Waals surface area (Å²) in [6.07, 6.45) is 1.06. The summed E-state index contributed by atoms with van der Waals surface area (Å²) in [5.74, 6) is 0. The molecule has 0 saturated carbocycles. The van der Waals surface area contributed by atoms with Crippen LogP contribution in [0.2, 0.25) is 0 Å². The zero-order chi connectivity index (χ0) is 11.7. The van der Waals surface area contributed by atoms with Gasteiger partial charge in [-0.1, -0.05) is 0 Å². The van der Waals surface area contributed by atoms with Crippen LogP contribution in [0.5, 0.6) is 0 Å². The second-order valence-electron chi connectivity index (χ2n) is 4.95. The minimum atomic E-state index is -4.31. The first-order valence-electron chi connectivity index (χ1n) is 5.17. The van der Waals surface area contributed by atoms with Crippen LogP contribution in [0.1, 0.15) is 33.6 Å². The van der Waals surface area contributed by atoms with Crippen molar-refractivity contribution in [1.82, 2.24) is 4.90 Å². The number of hydrogen-bond donors (Lipinski definition) is 2. The molecular weight excluding hydrogens is 217 g/mol. The molecule has 1 heterocycles. The summed E-state index contributed by atoms with van der Waals surface area (Å²) < 4.78 is 15.3. The molecule has 0 amide bonds. The molecule has 90 valence electrons. The summed E-state index contributed by atoms with van der Waals surface area (Å²) in [6, 6.07) is 0. The van der Waals surface area contributed by atoms with Gasteiger partial charge in [0.15, 0.2) is 0 Å². The lowest BCUT2D eigenvalue weighted by Gasteiger charge is -2.40. The Morgan fingerprint density at radius 1 is 1.27 bits per heavy atom. The molecule has 0 aliphatic carbocycles. The van der Waals surface area contributed by atoms with E-state index in [9.17, 15) is 4.57 Å². The molecule has 1 aliphatic heterocycles. The molecule has 6 heteroatoms. The molecule has 0 bridgehead atoms. The summed E-state index contributed by atoms with van der Waals surface area (Å²) in [4.78, 5) is 19.6. The van der Waals surface area contributed by atoms with Crippen LogP contribution in [-0.2, 0) is 9.09 Å². The Morgan fingerprint density at radius 2 is 1.73 bits per heavy atom. The van der Waals surface area contributed by atoms with Crippen LogP contribution in [0.4, 0.5) is 0 Å². The molecule has 1 saturated heterocycles. The zero-order valence-electron chi connectivity index (χ0n) is 9.51. The Labute approximate surface area is 90.7 Å². The lowest BCUT2D eigenvalue weighted by atomic mass is 10.00. The Kier molecular flexibility index (Phi) is 3.95. The van der Waals surface area contributed by atoms with Gasteiger partial charge in [0, 0.05) is 18.6 Å². The molecule has 2 N–H and O–H groups in total. The predicted octanol–water partition coefficient (Wildman–Crippen LogP) is 1.36. The number of nitrogens with zero attached hydrogens (tertiary/aromatic N) is 1. The molecule has 1 rings (SSSR count). The van der Waals surface area contributed by atoms with Crippen molar-refractivity contribution < 1.29 is 18.9 Å². The summed E-state index contributed by atoms with van der Waals surface area (Å²) in [5, 5.41) is 0. The van der Waals surface area contributed by atoms with E-state index in [0.717, 1.165) is 13.1 Å². The average Bonchev–Trinajstić information content (AvgIpc) is 2.00. The summed E-state index contributed by atoms with van der Waals surface area (Å²) in [6.45, 7) is 8.06. The lowest BCUT2D eigenvalue weighted by molar-refractivity contribution is 0.0347. The third-order valence-electron chi connectivity index (χ3n) is 2.68. The molecule has 0 spiro atoms. The van der Waals surface area contributed by atoms with Gasteiger partial charge >= 0.3 is 7.82 Å². The molecule has 5 nitrogen and oxygen atoms in total. The van der Waals surface area contributed by atoms with E-state index < -0.39 is 7.82 Å². The first-order chi connectivity index (χ1) is 6.68. The highest BCUT2D eigenvalue weighted by Gasteiger charge is 2.30. The molecular formula is C9H20NO4P. The van der Waals surface area contributed by atoms with Crippen molar-refractivity contribution in [3.05, 3.63) is 0 Å². The molecule has 0 radical (unpaired) electrons. The van der Waals surface area contributed by atoms with Gasteiger partial charge in [-0.05, 0) is 33.6 Å². The summed E-state index contributed by atoms with van der Waals surface area (Å²) >= 11 is 0. The zero-order valence-corrected chi connectivity index (χ0v) is 10.4. The van der Waals surface area contributed by atoms with Crippen LogP contribution >= 0.6 is 7.82 Å². The number of piperidine rings is 1. The third-order valence-corrected chi connectivity index (χ3v) is 3.25. The number of likely N-dealkylation sites (tertiary alicyclic amines) is 1. The average molecular weight is 237 g/mol. The maximum Gasteiger partial charge on any atom is 0.469 e. The van der Waals surface area contributed by atoms with E-state index in [1.165, 1.54) is 0 Å². The normalized spacial score (nSPS) is 21.9. The molecule has 15 heavy (non-hydrogen) atoms. The van der Waals surface area contributed by atoms with E-state index in [-0.39, 0.29) is 11.6 Å². The maximum absolute atomic E-state index is 10.6. The van der Waals surface area contributed by atoms with Crippen LogP contribution in [-0.4, -0.2) is 39.4 Å². The SMILES string of the molecule is CC(C)(C)N1CCC(OP(=O)(O)O)CC1. The van der Waals surface area contributed by atoms with Crippen molar-refractivity contribution in [3.8, 4) is 0 Å². The summed E-state index contributed by atoms with van der Waals surface area (Å²) in [7, 11) is -4.31. The van der Waals surface area contributed by atoms with Gasteiger partial charge in [-0.25, -0.2) is 4.57 Å². The van der Waals surface area contributed by atoms with Gasteiger partial charge in [-0.3, -0.25) is 9.42 Å². The van der Waals surface area contributed by atoms with Gasteiger partial charge in [-0.15, -0.1) is 0 Å². The van der Waals surface area contributed by atoms with Crippen molar-refractivity contribution in [2.75, 3.05) is 13.1 Å². The molecule has 0 atom stereocenters. The summed E-state index contributed by atoms with van der Waals surface area (Å²) in [5.41, 5.74) is 0.118. The first kappa shape index (κ1) is 13.1. The van der Waals surface area contributed by atoms with Crippen molar-refractivity contribution in [2.24, 2.45) is 0 Å². The van der Waals surface area contributed by atoms with E-state index in [0.29, 0.717) is 12.8 Å². The predicted molar refractivity (Wildman–Crippen MR) is 57.5 cm³/mol. The van der Waals surface area contributed by atoms with Crippen molar-refractivity contribution >= 4 is 7.82 Å². The standard InChI is InChI=1S/C9H20NO4P/c1-9(2,3)10-6-4-8(5-7-10)14-15(11,12)13/h8H,4-7H2,1-3H3,(H2,11,12,13). The molecule has 0 aromatic rings. The Hall–Kier alpha value is 0.0700. The molecule has 1 aliphatic rings. The highest BCUT2D eigenvalue weighted by atomic mass is 31.2. The van der Waals surface area contributed by atoms with E-state index in [1.54, 1.807) is 0 Å². The maximum atomic E-state index is 10.6. The van der Waals surface area contributed by atoms with Crippen LogP contribution in [0.25, 0.3) is 0 Å². The first-order valence-corrected chi connectivity index (χ1v) is 6.70. The number of phosphoric ester groups is 1. The topological polar surface area (TPSA) is 70.0 Å². The number of rotatable bonds is 2. The van der Waals surface area contributed by atoms with E-state index in [2.05, 4.69) is 30.2 Å². The van der Waals surface area contributed by atoms with Crippen LogP contribution in [0.15, 0.2) is 0 Å². The monoisotopic (exact) mass is 237 g/mol. The minimum absolute atomic E-state index is 0.118. The van der Waals surface area contributed by atoms with Crippen molar-refractivity contribution in [2.45, 2.75) is 45.3 Å². The Balaban J connectivity index is 2.40. The Bertz CT molecular complexity index is 249. The van der Waals surface area contributed by atoms with Gasteiger partial charge in [0.25, 0.3) is 0 Å². The highest BCUT2D eigenvalue weighted by molar-refractivity contribution is 7.46. The third kappa shape index (κ3) is 4.62. The number of phosphoric acid groups is 1. The van der Waals surface area contributed by atoms with Crippen LogP contribution in [0, 0.1) is 0 Å². The largest absolute Gasteiger partial charge is 0.469 e. The number of hydrogen-bond acceptors (Lipinski definition) is 3. The molecule has 0 aromatic carbocycles. The van der Waals surface area contributed by atoms with Gasteiger partial charge in [0.2, 0.25) is 0 Å². The van der Waals surface area contributed by atoms with Crippen LogP contribution in [0.3, 0.4) is 0 Å².